The van der Waals surface area contributed by atoms with E-state index < -0.39 is 0 Å². The predicted molar refractivity (Wildman–Crippen MR) is 44.3 cm³/mol. The lowest BCUT2D eigenvalue weighted by Gasteiger charge is -2.01. The Balaban J connectivity index is 2.67. The number of hydrogen-bond acceptors (Lipinski definition) is 2. The van der Waals surface area contributed by atoms with E-state index in [1.807, 2.05) is 6.92 Å². The lowest BCUT2D eigenvalue weighted by Crippen LogP contribution is -2.03. The monoisotopic (exact) mass is 157 g/mol. The van der Waals surface area contributed by atoms with Crippen LogP contribution in [0.25, 0.3) is 0 Å². The number of rotatable bonds is 1. The first-order chi connectivity index (χ1) is 4.61. The lowest BCUT2D eigenvalue weighted by molar-refractivity contribution is -0.116. The van der Waals surface area contributed by atoms with E-state index in [0.717, 1.165) is 5.04 Å². The van der Waals surface area contributed by atoms with E-state index in [9.17, 15) is 4.79 Å². The number of nitrogens with zero attached hydrogens (tertiary/aromatic N) is 1. The van der Waals surface area contributed by atoms with Crippen LogP contribution in [0.5, 0.6) is 0 Å². The molecule has 10 heavy (non-hydrogen) atoms. The summed E-state index contributed by atoms with van der Waals surface area (Å²) < 4.78 is 0. The van der Waals surface area contributed by atoms with Crippen molar-refractivity contribution >= 4 is 22.7 Å². The molecule has 3 heteroatoms. The van der Waals surface area contributed by atoms with E-state index in [0.29, 0.717) is 5.92 Å². The predicted octanol–water partition coefficient (Wildman–Crippen LogP) is 1.70. The van der Waals surface area contributed by atoms with Crippen LogP contribution in [0.2, 0.25) is 0 Å². The summed E-state index contributed by atoms with van der Waals surface area (Å²) in [4.78, 5) is 14.8. The number of hydrogen-bond donors (Lipinski definition) is 0. The molecular weight excluding hydrogens is 146 g/mol. The van der Waals surface area contributed by atoms with Crippen molar-refractivity contribution < 1.29 is 4.79 Å². The zero-order valence-corrected chi connectivity index (χ0v) is 7.23. The summed E-state index contributed by atoms with van der Waals surface area (Å²) >= 11 is 1.58. The average molecular weight is 157 g/mol. The average Bonchev–Trinajstić information content (AvgIpc) is 2.13. The van der Waals surface area contributed by atoms with Gasteiger partial charge in [0.1, 0.15) is 0 Å². The Morgan fingerprint density at radius 2 is 2.20 bits per heavy atom. The Morgan fingerprint density at radius 3 is 2.40 bits per heavy atom. The smallest absolute Gasteiger partial charge is 0.259 e. The van der Waals surface area contributed by atoms with Crippen molar-refractivity contribution in [3.05, 3.63) is 0 Å². The third-order valence-corrected chi connectivity index (χ3v) is 2.72. The van der Waals surface area contributed by atoms with Gasteiger partial charge in [-0.15, -0.1) is 0 Å². The van der Waals surface area contributed by atoms with Gasteiger partial charge in [-0.3, -0.25) is 4.79 Å². The summed E-state index contributed by atoms with van der Waals surface area (Å²) in [7, 11) is 0. The Kier molecular flexibility index (Phi) is 2.14. The fraction of sp³-hybridized carbons (Fsp3) is 0.714. The summed E-state index contributed by atoms with van der Waals surface area (Å²) in [5.74, 6) is 0.424. The molecular formula is C7H11NOS. The van der Waals surface area contributed by atoms with Crippen LogP contribution >= 0.6 is 11.8 Å². The maximum absolute atomic E-state index is 10.9. The molecule has 0 N–H and O–H groups in total. The minimum Gasteiger partial charge on any atom is -0.271 e. The maximum Gasteiger partial charge on any atom is 0.259 e. The Morgan fingerprint density at radius 1 is 1.60 bits per heavy atom. The van der Waals surface area contributed by atoms with Crippen molar-refractivity contribution in [2.75, 3.05) is 0 Å². The van der Waals surface area contributed by atoms with Crippen molar-refractivity contribution in [1.29, 1.82) is 0 Å². The fourth-order valence-corrected chi connectivity index (χ4v) is 1.65. The molecule has 0 saturated heterocycles. The highest BCUT2D eigenvalue weighted by atomic mass is 32.2. The van der Waals surface area contributed by atoms with E-state index in [1.165, 1.54) is 0 Å². The normalized spacial score (nSPS) is 25.8. The van der Waals surface area contributed by atoms with Crippen molar-refractivity contribution in [2.45, 2.75) is 26.0 Å². The van der Waals surface area contributed by atoms with Crippen molar-refractivity contribution in [2.24, 2.45) is 10.9 Å². The zero-order valence-electron chi connectivity index (χ0n) is 6.42. The highest BCUT2D eigenvalue weighted by molar-refractivity contribution is 8.15. The zero-order chi connectivity index (χ0) is 7.72. The third kappa shape index (κ3) is 1.40. The molecule has 1 atom stereocenters. The van der Waals surface area contributed by atoms with Gasteiger partial charge in [0.15, 0.2) is 0 Å². The van der Waals surface area contributed by atoms with Gasteiger partial charge in [-0.05, 0) is 6.92 Å². The molecule has 0 fully saturated rings. The van der Waals surface area contributed by atoms with Gasteiger partial charge in [0.25, 0.3) is 5.91 Å². The van der Waals surface area contributed by atoms with Crippen molar-refractivity contribution in [3.63, 3.8) is 0 Å². The summed E-state index contributed by atoms with van der Waals surface area (Å²) in [5, 5.41) is 1.04. The number of aliphatic imine (C=N–C) groups is 1. The van der Waals surface area contributed by atoms with Crippen LogP contribution in [0.1, 0.15) is 20.8 Å². The van der Waals surface area contributed by atoms with E-state index in [1.54, 1.807) is 11.8 Å². The van der Waals surface area contributed by atoms with E-state index in [-0.39, 0.29) is 11.2 Å². The molecule has 2 nitrogen and oxygen atoms in total. The van der Waals surface area contributed by atoms with Gasteiger partial charge in [-0.1, -0.05) is 25.6 Å². The van der Waals surface area contributed by atoms with Crippen LogP contribution in [0.15, 0.2) is 4.99 Å². The molecule has 1 aliphatic heterocycles. The SMILES string of the molecule is CC(C)C1=NC(=O)C(C)S1. The minimum absolute atomic E-state index is 0.0219. The molecule has 1 aliphatic rings. The number of carbonyl (C=O) groups is 1. The van der Waals surface area contributed by atoms with Crippen molar-refractivity contribution in [3.8, 4) is 0 Å². The third-order valence-electron chi connectivity index (χ3n) is 1.36. The summed E-state index contributed by atoms with van der Waals surface area (Å²) in [6.07, 6.45) is 0. The molecule has 1 heterocycles. The first-order valence-corrected chi connectivity index (χ1v) is 4.28. The fourth-order valence-electron chi connectivity index (χ4n) is 0.723. The molecule has 0 aromatic heterocycles. The van der Waals surface area contributed by atoms with E-state index in [4.69, 9.17) is 0 Å². The Bertz CT molecular complexity index is 186. The van der Waals surface area contributed by atoms with Crippen LogP contribution in [-0.4, -0.2) is 16.2 Å². The molecule has 56 valence electrons. The largest absolute Gasteiger partial charge is 0.271 e. The first-order valence-electron chi connectivity index (χ1n) is 3.40. The topological polar surface area (TPSA) is 29.4 Å². The van der Waals surface area contributed by atoms with Gasteiger partial charge in [-0.25, -0.2) is 4.99 Å². The standard InChI is InChI=1S/C7H11NOS/c1-4(2)7-8-6(9)5(3)10-7/h4-5H,1-3H3. The maximum atomic E-state index is 10.9. The van der Waals surface area contributed by atoms with Gasteiger partial charge < -0.3 is 0 Å². The van der Waals surface area contributed by atoms with Crippen molar-refractivity contribution in [1.82, 2.24) is 0 Å². The van der Waals surface area contributed by atoms with E-state index in [2.05, 4.69) is 18.8 Å². The highest BCUT2D eigenvalue weighted by Gasteiger charge is 2.24. The summed E-state index contributed by atoms with van der Waals surface area (Å²) in [6.45, 7) is 6.00. The van der Waals surface area contributed by atoms with Gasteiger partial charge in [0.05, 0.1) is 10.3 Å². The molecule has 0 aromatic rings. The van der Waals surface area contributed by atoms with Gasteiger partial charge in [0, 0.05) is 5.92 Å². The van der Waals surface area contributed by atoms with Crippen LogP contribution in [0.3, 0.4) is 0 Å². The second-order valence-corrected chi connectivity index (χ2v) is 4.06. The minimum atomic E-state index is 0.0219. The Hall–Kier alpha value is -0.310. The second kappa shape index (κ2) is 2.74. The van der Waals surface area contributed by atoms with Crippen LogP contribution in [0, 0.1) is 5.92 Å². The van der Waals surface area contributed by atoms with E-state index >= 15 is 0 Å². The van der Waals surface area contributed by atoms with Crippen LogP contribution in [-0.2, 0) is 4.79 Å². The van der Waals surface area contributed by atoms with Gasteiger partial charge in [0.2, 0.25) is 0 Å². The van der Waals surface area contributed by atoms with Crippen LogP contribution < -0.4 is 0 Å². The van der Waals surface area contributed by atoms with Gasteiger partial charge >= 0.3 is 0 Å². The number of thioether (sulfide) groups is 1. The molecule has 0 spiro atoms. The molecule has 1 rings (SSSR count). The first kappa shape index (κ1) is 7.79. The molecule has 0 bridgehead atoms. The second-order valence-electron chi connectivity index (χ2n) is 2.70. The molecule has 1 unspecified atom stereocenters. The molecule has 0 aromatic carbocycles. The number of amides is 1. The highest BCUT2D eigenvalue weighted by Crippen LogP contribution is 2.25. The summed E-state index contributed by atoms with van der Waals surface area (Å²) in [6, 6.07) is 0. The van der Waals surface area contributed by atoms with Crippen LogP contribution in [0.4, 0.5) is 0 Å². The number of carbonyl (C=O) groups excluding carboxylic acids is 1. The molecule has 0 aliphatic carbocycles. The molecule has 1 amide bonds. The lowest BCUT2D eigenvalue weighted by atomic mass is 10.2. The summed E-state index contributed by atoms with van der Waals surface area (Å²) in [5.41, 5.74) is 0. The Labute approximate surface area is 65.1 Å². The molecule has 0 radical (unpaired) electrons. The quantitative estimate of drug-likeness (QED) is 0.579. The molecule has 0 saturated carbocycles. The van der Waals surface area contributed by atoms with Gasteiger partial charge in [-0.2, -0.15) is 0 Å².